The molecule has 1 aromatic rings. The lowest BCUT2D eigenvalue weighted by Crippen LogP contribution is -2.39. The zero-order chi connectivity index (χ0) is 14.8. The molecule has 0 bridgehead atoms. The van der Waals surface area contributed by atoms with Crippen LogP contribution in [0.3, 0.4) is 0 Å². The van der Waals surface area contributed by atoms with Gasteiger partial charge in [-0.2, -0.15) is 12.7 Å². The molecule has 1 aliphatic heterocycles. The summed E-state index contributed by atoms with van der Waals surface area (Å²) in [5.74, 6) is -1.15. The van der Waals surface area contributed by atoms with Crippen LogP contribution in [0.4, 0.5) is 5.69 Å². The average Bonchev–Trinajstić information content (AvgIpc) is 2.41. The highest BCUT2D eigenvalue weighted by Gasteiger charge is 2.25. The van der Waals surface area contributed by atoms with E-state index in [1.807, 2.05) is 22.6 Å². The number of rotatable bonds is 4. The molecular formula is C12H15IN2O4S. The summed E-state index contributed by atoms with van der Waals surface area (Å²) in [6.07, 6.45) is 2.69. The van der Waals surface area contributed by atoms with Crippen molar-refractivity contribution in [1.82, 2.24) is 4.31 Å². The van der Waals surface area contributed by atoms with Crippen LogP contribution < -0.4 is 4.72 Å². The Morgan fingerprint density at radius 2 is 1.90 bits per heavy atom. The zero-order valence-corrected chi connectivity index (χ0v) is 13.6. The minimum Gasteiger partial charge on any atom is -0.478 e. The molecule has 8 heteroatoms. The number of anilines is 1. The van der Waals surface area contributed by atoms with Crippen LogP contribution in [0.1, 0.15) is 29.6 Å². The van der Waals surface area contributed by atoms with Gasteiger partial charge in [-0.1, -0.05) is 6.42 Å². The molecule has 1 aliphatic rings. The van der Waals surface area contributed by atoms with E-state index in [1.165, 1.54) is 16.4 Å². The number of nitrogens with one attached hydrogen (secondary N) is 1. The first-order valence-electron chi connectivity index (χ1n) is 6.21. The van der Waals surface area contributed by atoms with Gasteiger partial charge in [0.1, 0.15) is 0 Å². The molecular weight excluding hydrogens is 395 g/mol. The second-order valence-electron chi connectivity index (χ2n) is 4.56. The Balaban J connectivity index is 2.27. The summed E-state index contributed by atoms with van der Waals surface area (Å²) >= 11 is 1.98. The molecule has 1 heterocycles. The molecule has 0 unspecified atom stereocenters. The normalized spacial score (nSPS) is 16.9. The number of carboxylic acids is 1. The second-order valence-corrected chi connectivity index (χ2v) is 7.48. The van der Waals surface area contributed by atoms with E-state index in [4.69, 9.17) is 5.11 Å². The highest BCUT2D eigenvalue weighted by molar-refractivity contribution is 14.1. The summed E-state index contributed by atoms with van der Waals surface area (Å²) in [6, 6.07) is 4.59. The van der Waals surface area contributed by atoms with Gasteiger partial charge in [-0.25, -0.2) is 4.79 Å². The standard InChI is InChI=1S/C12H15IN2O4S/c13-9-4-5-11(10(8-9)12(16)17)14-20(18,19)15-6-2-1-3-7-15/h4-5,8,14H,1-3,6-7H2,(H,16,17). The third kappa shape index (κ3) is 3.61. The van der Waals surface area contributed by atoms with Crippen molar-refractivity contribution in [3.63, 3.8) is 0 Å². The van der Waals surface area contributed by atoms with Crippen molar-refractivity contribution in [3.8, 4) is 0 Å². The highest BCUT2D eigenvalue weighted by atomic mass is 127. The molecule has 0 amide bonds. The van der Waals surface area contributed by atoms with Crippen molar-refractivity contribution in [2.45, 2.75) is 19.3 Å². The number of nitrogens with zero attached hydrogens (tertiary/aromatic N) is 1. The van der Waals surface area contributed by atoms with E-state index in [9.17, 15) is 13.2 Å². The van der Waals surface area contributed by atoms with Crippen LogP contribution in [0.2, 0.25) is 0 Å². The van der Waals surface area contributed by atoms with Gasteiger partial charge in [0.15, 0.2) is 0 Å². The molecule has 2 rings (SSSR count). The van der Waals surface area contributed by atoms with Gasteiger partial charge in [-0.15, -0.1) is 0 Å². The lowest BCUT2D eigenvalue weighted by molar-refractivity contribution is 0.0698. The van der Waals surface area contributed by atoms with Crippen LogP contribution in [0, 0.1) is 3.57 Å². The predicted octanol–water partition coefficient (Wildman–Crippen LogP) is 2.13. The van der Waals surface area contributed by atoms with Crippen LogP contribution in [-0.4, -0.2) is 36.9 Å². The Morgan fingerprint density at radius 1 is 1.25 bits per heavy atom. The molecule has 20 heavy (non-hydrogen) atoms. The molecule has 2 N–H and O–H groups in total. The highest BCUT2D eigenvalue weighted by Crippen LogP contribution is 2.22. The lowest BCUT2D eigenvalue weighted by Gasteiger charge is -2.26. The fourth-order valence-corrected chi connectivity index (χ4v) is 3.91. The van der Waals surface area contributed by atoms with E-state index < -0.39 is 16.2 Å². The quantitative estimate of drug-likeness (QED) is 0.745. The van der Waals surface area contributed by atoms with Crippen LogP contribution >= 0.6 is 22.6 Å². The van der Waals surface area contributed by atoms with E-state index in [0.29, 0.717) is 13.1 Å². The van der Waals surface area contributed by atoms with E-state index in [-0.39, 0.29) is 11.3 Å². The molecule has 1 fully saturated rings. The Bertz CT molecular complexity index is 612. The van der Waals surface area contributed by atoms with Crippen molar-refractivity contribution < 1.29 is 18.3 Å². The monoisotopic (exact) mass is 410 g/mol. The van der Waals surface area contributed by atoms with Crippen molar-refractivity contribution in [2.75, 3.05) is 17.8 Å². The summed E-state index contributed by atoms with van der Waals surface area (Å²) in [5, 5.41) is 9.15. The van der Waals surface area contributed by atoms with E-state index in [0.717, 1.165) is 22.8 Å². The first-order valence-corrected chi connectivity index (χ1v) is 8.73. The van der Waals surface area contributed by atoms with Crippen molar-refractivity contribution in [3.05, 3.63) is 27.3 Å². The fraction of sp³-hybridized carbons (Fsp3) is 0.417. The topological polar surface area (TPSA) is 86.7 Å². The van der Waals surface area contributed by atoms with E-state index in [1.54, 1.807) is 6.07 Å². The maximum atomic E-state index is 12.2. The van der Waals surface area contributed by atoms with E-state index >= 15 is 0 Å². The maximum absolute atomic E-state index is 12.2. The Morgan fingerprint density at radius 3 is 2.50 bits per heavy atom. The summed E-state index contributed by atoms with van der Waals surface area (Å²) in [5.41, 5.74) is 0.0565. The molecule has 6 nitrogen and oxygen atoms in total. The first kappa shape index (κ1) is 15.5. The molecule has 0 radical (unpaired) electrons. The fourth-order valence-electron chi connectivity index (χ4n) is 2.09. The second kappa shape index (κ2) is 6.27. The lowest BCUT2D eigenvalue weighted by atomic mass is 10.2. The Hall–Kier alpha value is -0.870. The Kier molecular flexibility index (Phi) is 4.86. The van der Waals surface area contributed by atoms with Gasteiger partial charge in [0.2, 0.25) is 0 Å². The molecule has 0 saturated carbocycles. The number of carbonyl (C=O) groups is 1. The average molecular weight is 410 g/mol. The predicted molar refractivity (Wildman–Crippen MR) is 84.1 cm³/mol. The largest absolute Gasteiger partial charge is 0.478 e. The third-order valence-electron chi connectivity index (χ3n) is 3.11. The van der Waals surface area contributed by atoms with Gasteiger partial charge in [0.25, 0.3) is 0 Å². The molecule has 0 aliphatic carbocycles. The number of benzene rings is 1. The number of halogens is 1. The summed E-state index contributed by atoms with van der Waals surface area (Å²) < 4.78 is 28.9. The minimum absolute atomic E-state index is 0.0440. The number of hydrogen-bond acceptors (Lipinski definition) is 3. The van der Waals surface area contributed by atoms with Crippen molar-refractivity contribution in [2.24, 2.45) is 0 Å². The Labute approximate surface area is 131 Å². The van der Waals surface area contributed by atoms with Crippen molar-refractivity contribution in [1.29, 1.82) is 0 Å². The maximum Gasteiger partial charge on any atom is 0.337 e. The molecule has 0 aromatic heterocycles. The summed E-state index contributed by atoms with van der Waals surface area (Å²) in [6.45, 7) is 0.949. The van der Waals surface area contributed by atoms with Crippen LogP contribution in [-0.2, 0) is 10.2 Å². The number of aromatic carboxylic acids is 1. The van der Waals surface area contributed by atoms with Gasteiger partial charge in [-0.3, -0.25) is 4.72 Å². The minimum atomic E-state index is -3.69. The summed E-state index contributed by atoms with van der Waals surface area (Å²) in [4.78, 5) is 11.2. The number of piperidine rings is 1. The number of hydrogen-bond donors (Lipinski definition) is 2. The van der Waals surface area contributed by atoms with Gasteiger partial charge >= 0.3 is 16.2 Å². The molecule has 0 spiro atoms. The molecule has 1 saturated heterocycles. The van der Waals surface area contributed by atoms with Crippen LogP contribution in [0.5, 0.6) is 0 Å². The van der Waals surface area contributed by atoms with Crippen LogP contribution in [0.25, 0.3) is 0 Å². The zero-order valence-electron chi connectivity index (χ0n) is 10.7. The third-order valence-corrected chi connectivity index (χ3v) is 5.30. The molecule has 110 valence electrons. The van der Waals surface area contributed by atoms with Crippen LogP contribution in [0.15, 0.2) is 18.2 Å². The SMILES string of the molecule is O=C(O)c1cc(I)ccc1NS(=O)(=O)N1CCCCC1. The molecule has 0 atom stereocenters. The summed E-state index contributed by atoms with van der Waals surface area (Å²) in [7, 11) is -3.69. The first-order chi connectivity index (χ1) is 9.40. The van der Waals surface area contributed by atoms with Gasteiger partial charge in [0.05, 0.1) is 11.3 Å². The van der Waals surface area contributed by atoms with Crippen molar-refractivity contribution >= 4 is 44.5 Å². The number of carboxylic acid groups (broad SMARTS) is 1. The van der Waals surface area contributed by atoms with Gasteiger partial charge in [0, 0.05) is 16.7 Å². The molecule has 1 aromatic carbocycles. The van der Waals surface area contributed by atoms with E-state index in [2.05, 4.69) is 4.72 Å². The smallest absolute Gasteiger partial charge is 0.337 e. The van der Waals surface area contributed by atoms with Gasteiger partial charge in [-0.05, 0) is 53.6 Å². The van der Waals surface area contributed by atoms with Gasteiger partial charge < -0.3 is 5.11 Å².